The normalized spacial score (nSPS) is 11.0. The standard InChI is InChI=1S/C24H19N2.Ho/c1-2-26-23-11-4-3-8-20(23)21-16-17(12-13-24(21)26)15-18-7-5-10-22-19(18)9-6-14-25-22;/h3-16H,2H2,1H3;/q-1;. The zero-order chi connectivity index (χ0) is 17.5. The number of pyridine rings is 1. The Morgan fingerprint density at radius 1 is 0.815 bits per heavy atom. The first kappa shape index (κ1) is 18.4. The van der Waals surface area contributed by atoms with E-state index >= 15 is 0 Å². The maximum Gasteiger partial charge on any atom is 0.0484 e. The molecule has 0 aliphatic heterocycles. The van der Waals surface area contributed by atoms with Crippen LogP contribution in [0.15, 0.2) is 79.0 Å². The Morgan fingerprint density at radius 2 is 1.63 bits per heavy atom. The van der Waals surface area contributed by atoms with Gasteiger partial charge in [-0.15, -0.1) is 35.7 Å². The van der Waals surface area contributed by atoms with E-state index in [0.29, 0.717) is 0 Å². The number of hydrogen-bond donors (Lipinski definition) is 0. The molecule has 0 atom stereocenters. The van der Waals surface area contributed by atoms with Crippen molar-refractivity contribution in [1.29, 1.82) is 0 Å². The zero-order valence-electron chi connectivity index (χ0n) is 15.0. The van der Waals surface area contributed by atoms with Crippen LogP contribution >= 0.6 is 0 Å². The van der Waals surface area contributed by atoms with Gasteiger partial charge in [-0.3, -0.25) is 4.98 Å². The number of aromatic nitrogens is 2. The van der Waals surface area contributed by atoms with Crippen molar-refractivity contribution in [2.75, 3.05) is 0 Å². The van der Waals surface area contributed by atoms with Crippen molar-refractivity contribution in [2.24, 2.45) is 0 Å². The van der Waals surface area contributed by atoms with Gasteiger partial charge in [0.15, 0.2) is 0 Å². The summed E-state index contributed by atoms with van der Waals surface area (Å²) >= 11 is 0. The van der Waals surface area contributed by atoms with E-state index in [4.69, 9.17) is 0 Å². The molecule has 0 bridgehead atoms. The van der Waals surface area contributed by atoms with Crippen molar-refractivity contribution < 1.29 is 37.7 Å². The molecule has 0 fully saturated rings. The van der Waals surface area contributed by atoms with Gasteiger partial charge in [0.2, 0.25) is 0 Å². The van der Waals surface area contributed by atoms with Gasteiger partial charge in [0.05, 0.1) is 0 Å². The van der Waals surface area contributed by atoms with Crippen LogP contribution in [0.2, 0.25) is 0 Å². The molecule has 3 aromatic carbocycles. The van der Waals surface area contributed by atoms with E-state index in [-0.39, 0.29) is 37.7 Å². The van der Waals surface area contributed by atoms with Crippen LogP contribution in [0.4, 0.5) is 0 Å². The Balaban J connectivity index is 0.00000180. The molecule has 0 N–H and O–H groups in total. The Hall–Kier alpha value is -2.00. The van der Waals surface area contributed by atoms with Gasteiger partial charge in [0, 0.05) is 67.0 Å². The van der Waals surface area contributed by atoms with Gasteiger partial charge in [-0.25, -0.2) is 0 Å². The SMILES string of the molecule is CCn1c2ccccc2c2cc([CH-]c3cccc4ncccc34)ccc21.[Ho]. The Morgan fingerprint density at radius 3 is 2.52 bits per heavy atom. The molecule has 0 spiro atoms. The maximum absolute atomic E-state index is 4.47. The van der Waals surface area contributed by atoms with Crippen LogP contribution in [0.25, 0.3) is 32.7 Å². The van der Waals surface area contributed by atoms with E-state index in [1.54, 1.807) is 0 Å². The van der Waals surface area contributed by atoms with Crippen molar-refractivity contribution in [3.63, 3.8) is 0 Å². The predicted molar refractivity (Wildman–Crippen MR) is 109 cm³/mol. The summed E-state index contributed by atoms with van der Waals surface area (Å²) in [5.41, 5.74) is 6.05. The summed E-state index contributed by atoms with van der Waals surface area (Å²) in [4.78, 5) is 4.47. The van der Waals surface area contributed by atoms with Crippen LogP contribution in [-0.4, -0.2) is 9.55 Å². The first-order valence-corrected chi connectivity index (χ1v) is 9.04. The average molecular weight is 500 g/mol. The van der Waals surface area contributed by atoms with Crippen LogP contribution in [0.1, 0.15) is 18.1 Å². The fourth-order valence-electron chi connectivity index (χ4n) is 3.93. The van der Waals surface area contributed by atoms with Gasteiger partial charge < -0.3 is 4.57 Å². The number of benzene rings is 3. The van der Waals surface area contributed by atoms with E-state index in [1.165, 1.54) is 38.3 Å². The molecule has 2 heterocycles. The molecule has 5 aromatic rings. The van der Waals surface area contributed by atoms with Crippen LogP contribution in [0.3, 0.4) is 0 Å². The van der Waals surface area contributed by atoms with Gasteiger partial charge in [0.25, 0.3) is 0 Å². The minimum atomic E-state index is 0. The van der Waals surface area contributed by atoms with E-state index in [0.717, 1.165) is 12.1 Å². The van der Waals surface area contributed by atoms with E-state index in [1.807, 2.05) is 12.3 Å². The van der Waals surface area contributed by atoms with Crippen molar-refractivity contribution in [1.82, 2.24) is 9.55 Å². The molecule has 0 amide bonds. The molecule has 0 aliphatic rings. The van der Waals surface area contributed by atoms with Crippen LogP contribution < -0.4 is 0 Å². The number of hydrogen-bond acceptors (Lipinski definition) is 1. The average Bonchev–Trinajstić information content (AvgIpc) is 3.01. The monoisotopic (exact) mass is 500 g/mol. The molecule has 137 valence electrons. The van der Waals surface area contributed by atoms with Crippen molar-refractivity contribution in [3.05, 3.63) is 96.5 Å². The quantitative estimate of drug-likeness (QED) is 0.221. The fourth-order valence-corrected chi connectivity index (χ4v) is 3.93. The smallest absolute Gasteiger partial charge is 0.0484 e. The van der Waals surface area contributed by atoms with Gasteiger partial charge in [-0.1, -0.05) is 53.9 Å². The summed E-state index contributed by atoms with van der Waals surface area (Å²) in [5, 5.41) is 3.82. The van der Waals surface area contributed by atoms with Crippen molar-refractivity contribution in [2.45, 2.75) is 13.5 Å². The summed E-state index contributed by atoms with van der Waals surface area (Å²) in [6.07, 6.45) is 4.10. The van der Waals surface area contributed by atoms with Crippen LogP contribution in [-0.2, 0) is 6.54 Å². The minimum absolute atomic E-state index is 0. The Labute approximate surface area is 188 Å². The first-order chi connectivity index (χ1) is 12.8. The topological polar surface area (TPSA) is 17.8 Å². The second kappa shape index (κ2) is 7.55. The second-order valence-corrected chi connectivity index (χ2v) is 6.60. The fraction of sp³-hybridized carbons (Fsp3) is 0.0833. The molecule has 0 aliphatic carbocycles. The Bertz CT molecular complexity index is 1250. The van der Waals surface area contributed by atoms with E-state index in [2.05, 4.69) is 89.6 Å². The molecule has 5 rings (SSSR count). The number of rotatable bonds is 3. The zero-order valence-corrected chi connectivity index (χ0v) is 16.9. The summed E-state index contributed by atoms with van der Waals surface area (Å²) in [6, 6.07) is 25.8. The number of nitrogens with zero attached hydrogens (tertiary/aromatic N) is 2. The molecule has 3 heteroatoms. The van der Waals surface area contributed by atoms with Gasteiger partial charge in [-0.2, -0.15) is 0 Å². The first-order valence-electron chi connectivity index (χ1n) is 9.04. The third-order valence-electron chi connectivity index (χ3n) is 5.11. The van der Waals surface area contributed by atoms with Crippen LogP contribution in [0, 0.1) is 44.2 Å². The summed E-state index contributed by atoms with van der Waals surface area (Å²) in [6.45, 7) is 3.18. The number of para-hydroxylation sites is 1. The predicted octanol–water partition coefficient (Wildman–Crippen LogP) is 5.96. The molecule has 1 radical (unpaired) electrons. The van der Waals surface area contributed by atoms with Gasteiger partial charge in [0.1, 0.15) is 0 Å². The third kappa shape index (κ3) is 3.12. The van der Waals surface area contributed by atoms with Crippen molar-refractivity contribution >= 4 is 32.7 Å². The number of aryl methyl sites for hydroxylation is 1. The van der Waals surface area contributed by atoms with Gasteiger partial charge in [-0.05, 0) is 23.8 Å². The summed E-state index contributed by atoms with van der Waals surface area (Å²) in [7, 11) is 0. The third-order valence-corrected chi connectivity index (χ3v) is 5.11. The molecule has 0 saturated carbocycles. The molecular formula is C24H19HoN2-. The van der Waals surface area contributed by atoms with E-state index in [9.17, 15) is 0 Å². The molecule has 2 nitrogen and oxygen atoms in total. The largest absolute Gasteiger partial charge is 0.342 e. The molecule has 27 heavy (non-hydrogen) atoms. The summed E-state index contributed by atoms with van der Waals surface area (Å²) in [5.74, 6) is 0. The molecular weight excluding hydrogens is 481 g/mol. The molecule has 2 aromatic heterocycles. The second-order valence-electron chi connectivity index (χ2n) is 6.60. The van der Waals surface area contributed by atoms with Gasteiger partial charge >= 0.3 is 0 Å². The van der Waals surface area contributed by atoms with Crippen molar-refractivity contribution in [3.8, 4) is 0 Å². The van der Waals surface area contributed by atoms with Crippen LogP contribution in [0.5, 0.6) is 0 Å². The maximum atomic E-state index is 4.47. The minimum Gasteiger partial charge on any atom is -0.342 e. The summed E-state index contributed by atoms with van der Waals surface area (Å²) < 4.78 is 2.39. The Kier molecular flexibility index (Phi) is 5.14. The number of fused-ring (bicyclic) bond motifs is 4. The van der Waals surface area contributed by atoms with E-state index < -0.39 is 0 Å². The molecule has 0 unspecified atom stereocenters. The molecule has 0 saturated heterocycles.